The van der Waals surface area contributed by atoms with Crippen LogP contribution >= 0.6 is 0 Å². The van der Waals surface area contributed by atoms with E-state index in [-0.39, 0.29) is 30.3 Å². The minimum atomic E-state index is -0.745. The molecule has 3 N–H and O–H groups in total. The lowest BCUT2D eigenvalue weighted by Gasteiger charge is -2.40. The Hall–Kier alpha value is -2.57. The molecule has 0 spiro atoms. The van der Waals surface area contributed by atoms with Crippen molar-refractivity contribution >= 4 is 17.8 Å². The van der Waals surface area contributed by atoms with E-state index in [1.807, 2.05) is 0 Å². The van der Waals surface area contributed by atoms with E-state index in [0.29, 0.717) is 30.8 Å². The fourth-order valence-corrected chi connectivity index (χ4v) is 3.06. The number of hydrogen-bond donors (Lipinski definition) is 2. The number of rotatable bonds is 6. The summed E-state index contributed by atoms with van der Waals surface area (Å²) in [5, 5.41) is 8.95. The normalized spacial score (nSPS) is 23.0. The maximum Gasteiger partial charge on any atom is 0.306 e. The zero-order chi connectivity index (χ0) is 16.6. The van der Waals surface area contributed by atoms with Gasteiger partial charge in [-0.25, -0.2) is 0 Å². The summed E-state index contributed by atoms with van der Waals surface area (Å²) in [6.07, 6.45) is 0.709. The first-order chi connectivity index (χ1) is 11.0. The Balaban J connectivity index is 1.60. The predicted molar refractivity (Wildman–Crippen MR) is 79.8 cm³/mol. The van der Waals surface area contributed by atoms with Crippen LogP contribution in [0, 0.1) is 17.8 Å². The average Bonchev–Trinajstić information content (AvgIpc) is 3.24. The van der Waals surface area contributed by atoms with Crippen LogP contribution < -0.4 is 10.5 Å². The Bertz CT molecular complexity index is 654. The summed E-state index contributed by atoms with van der Waals surface area (Å²) in [5.41, 5.74) is 5.44. The van der Waals surface area contributed by atoms with Crippen molar-refractivity contribution in [1.82, 2.24) is 4.90 Å². The van der Waals surface area contributed by atoms with E-state index in [2.05, 4.69) is 0 Å². The fraction of sp³-hybridized carbons (Fsp3) is 0.438. The van der Waals surface area contributed by atoms with Gasteiger partial charge in [-0.05, 0) is 30.4 Å². The number of ether oxygens (including phenoxy) is 1. The number of likely N-dealkylation sites (tertiary alicyclic amines) is 1. The lowest BCUT2D eigenvalue weighted by Crippen LogP contribution is -2.51. The Labute approximate surface area is 133 Å². The van der Waals surface area contributed by atoms with Crippen LogP contribution in [0.3, 0.4) is 0 Å². The largest absolute Gasteiger partial charge is 0.483 e. The van der Waals surface area contributed by atoms with Crippen LogP contribution in [0.5, 0.6) is 5.75 Å². The third kappa shape index (κ3) is 3.13. The molecule has 2 amide bonds. The maximum atomic E-state index is 12.5. The highest BCUT2D eigenvalue weighted by atomic mass is 16.5. The van der Waals surface area contributed by atoms with Crippen LogP contribution in [-0.2, 0) is 9.59 Å². The van der Waals surface area contributed by atoms with Gasteiger partial charge in [-0.1, -0.05) is 12.1 Å². The molecule has 1 aliphatic carbocycles. The van der Waals surface area contributed by atoms with Gasteiger partial charge in [0.15, 0.2) is 6.61 Å². The molecule has 1 aliphatic heterocycles. The highest BCUT2D eigenvalue weighted by Gasteiger charge is 2.52. The van der Waals surface area contributed by atoms with Crippen molar-refractivity contribution in [3.05, 3.63) is 29.8 Å². The number of nitrogens with zero attached hydrogens (tertiary/aromatic N) is 1. The topological polar surface area (TPSA) is 110 Å². The molecule has 1 heterocycles. The van der Waals surface area contributed by atoms with Gasteiger partial charge in [0.05, 0.1) is 11.5 Å². The monoisotopic (exact) mass is 318 g/mol. The van der Waals surface area contributed by atoms with Crippen LogP contribution in [0.2, 0.25) is 0 Å². The van der Waals surface area contributed by atoms with Crippen LogP contribution in [0.25, 0.3) is 0 Å². The molecule has 1 aromatic carbocycles. The van der Waals surface area contributed by atoms with E-state index >= 15 is 0 Å². The minimum absolute atomic E-state index is 0.172. The number of primary amides is 1. The molecule has 2 aliphatic rings. The van der Waals surface area contributed by atoms with Crippen molar-refractivity contribution in [3.63, 3.8) is 0 Å². The molecule has 7 nitrogen and oxygen atoms in total. The van der Waals surface area contributed by atoms with Gasteiger partial charge in [-0.3, -0.25) is 14.4 Å². The average molecular weight is 318 g/mol. The van der Waals surface area contributed by atoms with E-state index in [4.69, 9.17) is 15.6 Å². The van der Waals surface area contributed by atoms with Crippen LogP contribution in [0.4, 0.5) is 0 Å². The molecular weight excluding hydrogens is 300 g/mol. The molecule has 3 rings (SSSR count). The summed E-state index contributed by atoms with van der Waals surface area (Å²) in [5.74, 6) is -0.988. The highest BCUT2D eigenvalue weighted by Crippen LogP contribution is 2.47. The van der Waals surface area contributed by atoms with Gasteiger partial charge in [0.1, 0.15) is 5.75 Å². The van der Waals surface area contributed by atoms with Crippen molar-refractivity contribution < 1.29 is 24.2 Å². The molecule has 1 saturated carbocycles. The number of amides is 2. The van der Waals surface area contributed by atoms with E-state index in [9.17, 15) is 14.4 Å². The van der Waals surface area contributed by atoms with Crippen LogP contribution in [0.1, 0.15) is 16.8 Å². The molecule has 0 bridgehead atoms. The van der Waals surface area contributed by atoms with Crippen molar-refractivity contribution in [1.29, 1.82) is 0 Å². The number of carboxylic acid groups (broad SMARTS) is 1. The summed E-state index contributed by atoms with van der Waals surface area (Å²) in [6, 6.07) is 6.70. The minimum Gasteiger partial charge on any atom is -0.483 e. The number of carboxylic acids is 1. The first-order valence-electron chi connectivity index (χ1n) is 7.49. The SMILES string of the molecule is NC(=O)COc1ccccc1C(=O)N1CC([C@@H]2C[C@H]2C(=O)O)C1. The highest BCUT2D eigenvalue weighted by molar-refractivity contribution is 5.97. The smallest absolute Gasteiger partial charge is 0.306 e. The Morgan fingerprint density at radius 2 is 1.96 bits per heavy atom. The summed E-state index contributed by atoms with van der Waals surface area (Å²) < 4.78 is 5.27. The molecular formula is C16H18N2O5. The molecule has 2 fully saturated rings. The summed E-state index contributed by atoms with van der Waals surface area (Å²) >= 11 is 0. The maximum absolute atomic E-state index is 12.5. The zero-order valence-corrected chi connectivity index (χ0v) is 12.5. The van der Waals surface area contributed by atoms with Gasteiger partial charge in [-0.15, -0.1) is 0 Å². The quantitative estimate of drug-likeness (QED) is 0.786. The van der Waals surface area contributed by atoms with Crippen molar-refractivity contribution in [3.8, 4) is 5.75 Å². The van der Waals surface area contributed by atoms with Crippen molar-refractivity contribution in [2.45, 2.75) is 6.42 Å². The standard InChI is InChI=1S/C16H18N2O5/c17-14(19)8-23-13-4-2-1-3-10(13)15(20)18-6-9(7-18)11-5-12(11)16(21)22/h1-4,9,11-12H,5-8H2,(H2,17,19)(H,21,22)/t11-,12+/m0/s1. The van der Waals surface area contributed by atoms with Gasteiger partial charge >= 0.3 is 5.97 Å². The molecule has 7 heteroatoms. The van der Waals surface area contributed by atoms with E-state index < -0.39 is 11.9 Å². The van der Waals surface area contributed by atoms with Crippen LogP contribution in [0.15, 0.2) is 24.3 Å². The van der Waals surface area contributed by atoms with Crippen LogP contribution in [-0.4, -0.2) is 47.5 Å². The molecule has 122 valence electrons. The lowest BCUT2D eigenvalue weighted by atomic mass is 9.92. The van der Waals surface area contributed by atoms with E-state index in [1.165, 1.54) is 0 Å². The number of para-hydroxylation sites is 1. The molecule has 1 aromatic rings. The van der Waals surface area contributed by atoms with Crippen molar-refractivity contribution in [2.75, 3.05) is 19.7 Å². The first-order valence-corrected chi connectivity index (χ1v) is 7.49. The molecule has 23 heavy (non-hydrogen) atoms. The predicted octanol–water partition coefficient (Wildman–Crippen LogP) is 0.343. The number of benzene rings is 1. The first kappa shape index (κ1) is 15.3. The Kier molecular flexibility index (Phi) is 3.94. The van der Waals surface area contributed by atoms with Gasteiger partial charge in [0, 0.05) is 13.1 Å². The van der Waals surface area contributed by atoms with Gasteiger partial charge in [0.25, 0.3) is 11.8 Å². The van der Waals surface area contributed by atoms with Gasteiger partial charge in [-0.2, -0.15) is 0 Å². The second-order valence-electron chi connectivity index (χ2n) is 6.07. The van der Waals surface area contributed by atoms with Gasteiger partial charge < -0.3 is 20.5 Å². The Morgan fingerprint density at radius 1 is 1.26 bits per heavy atom. The third-order valence-electron chi connectivity index (χ3n) is 4.45. The number of aliphatic carboxylic acids is 1. The number of carbonyl (C=O) groups is 3. The number of nitrogens with two attached hydrogens (primary N) is 1. The van der Waals surface area contributed by atoms with Gasteiger partial charge in [0.2, 0.25) is 0 Å². The number of hydrogen-bond acceptors (Lipinski definition) is 4. The molecule has 1 saturated heterocycles. The van der Waals surface area contributed by atoms with E-state index in [0.717, 1.165) is 0 Å². The molecule has 2 atom stereocenters. The lowest BCUT2D eigenvalue weighted by molar-refractivity contribution is -0.139. The Morgan fingerprint density at radius 3 is 2.57 bits per heavy atom. The summed E-state index contributed by atoms with van der Waals surface area (Å²) in [6.45, 7) is 0.851. The van der Waals surface area contributed by atoms with Crippen molar-refractivity contribution in [2.24, 2.45) is 23.5 Å². The molecule has 0 aromatic heterocycles. The summed E-state index contributed by atoms with van der Waals surface area (Å²) in [7, 11) is 0. The molecule has 0 radical (unpaired) electrons. The second kappa shape index (κ2) is 5.91. The second-order valence-corrected chi connectivity index (χ2v) is 6.07. The third-order valence-corrected chi connectivity index (χ3v) is 4.45. The van der Waals surface area contributed by atoms with E-state index in [1.54, 1.807) is 29.2 Å². The summed E-state index contributed by atoms with van der Waals surface area (Å²) in [4.78, 5) is 35.9. The number of carbonyl (C=O) groups excluding carboxylic acids is 2. The zero-order valence-electron chi connectivity index (χ0n) is 12.5. The molecule has 0 unspecified atom stereocenters. The fourth-order valence-electron chi connectivity index (χ4n) is 3.06.